The van der Waals surface area contributed by atoms with Crippen LogP contribution in [-0.4, -0.2) is 48.6 Å². The quantitative estimate of drug-likeness (QED) is 0.637. The molecule has 4 rings (SSSR count). The first-order chi connectivity index (χ1) is 15.5. The molecule has 0 bridgehead atoms. The van der Waals surface area contributed by atoms with Gasteiger partial charge in [-0.15, -0.1) is 0 Å². The van der Waals surface area contributed by atoms with E-state index < -0.39 is 18.6 Å². The van der Waals surface area contributed by atoms with Gasteiger partial charge in [0.05, 0.1) is 16.8 Å². The fourth-order valence-electron chi connectivity index (χ4n) is 4.15. The van der Waals surface area contributed by atoms with Gasteiger partial charge in [0, 0.05) is 37.8 Å². The number of rotatable bonds is 6. The van der Waals surface area contributed by atoms with Gasteiger partial charge in [-0.2, -0.15) is 14.0 Å². The molecule has 1 aliphatic rings. The zero-order valence-corrected chi connectivity index (χ0v) is 17.1. The molecule has 1 saturated heterocycles. The lowest BCUT2D eigenvalue weighted by molar-refractivity contribution is -0.123. The van der Waals surface area contributed by atoms with Crippen LogP contribution < -0.4 is 15.4 Å². The third kappa shape index (κ3) is 4.31. The van der Waals surface area contributed by atoms with Crippen LogP contribution >= 0.6 is 0 Å². The van der Waals surface area contributed by atoms with Crippen molar-refractivity contribution in [2.24, 2.45) is 5.73 Å². The monoisotopic (exact) mass is 437 g/mol. The van der Waals surface area contributed by atoms with Gasteiger partial charge in [-0.25, -0.2) is 0 Å². The molecule has 1 unspecified atom stereocenters. The topological polar surface area (TPSA) is 95.5 Å². The number of anilines is 1. The fourth-order valence-corrected chi connectivity index (χ4v) is 4.15. The zero-order valence-electron chi connectivity index (χ0n) is 17.1. The number of piperazine rings is 1. The first kappa shape index (κ1) is 21.5. The average Bonchev–Trinajstić information content (AvgIpc) is 2.79. The van der Waals surface area contributed by atoms with Gasteiger partial charge in [0.25, 0.3) is 0 Å². The summed E-state index contributed by atoms with van der Waals surface area (Å²) in [6.45, 7) is -0.848. The Morgan fingerprint density at radius 3 is 2.47 bits per heavy atom. The number of nitrogens with two attached hydrogens (primary N) is 1. The van der Waals surface area contributed by atoms with E-state index in [-0.39, 0.29) is 5.75 Å². The number of amides is 1. The Labute approximate surface area is 183 Å². The van der Waals surface area contributed by atoms with E-state index in [1.54, 1.807) is 6.07 Å². The summed E-state index contributed by atoms with van der Waals surface area (Å²) < 4.78 is 29.9. The molecule has 2 N–H and O–H groups in total. The Kier molecular flexibility index (Phi) is 6.14. The summed E-state index contributed by atoms with van der Waals surface area (Å²) >= 11 is 0. The molecular formula is C23H21F2N5O2. The standard InChI is InChI=1S/C23H21F2N5O2/c24-23(25)32-17-6-7-19-18(12-17)20(16(13-26)14-28-19)29-8-10-30(11-9-29)21(22(27)31)15-4-2-1-3-5-15/h1-7,12,14,21,23H,8-11H2,(H2,27,31). The Morgan fingerprint density at radius 1 is 1.12 bits per heavy atom. The van der Waals surface area contributed by atoms with Crippen LogP contribution in [0.25, 0.3) is 10.9 Å². The van der Waals surface area contributed by atoms with Crippen molar-refractivity contribution in [3.8, 4) is 11.8 Å². The van der Waals surface area contributed by atoms with Crippen LogP contribution in [0.15, 0.2) is 54.7 Å². The van der Waals surface area contributed by atoms with Crippen molar-refractivity contribution in [2.75, 3.05) is 31.1 Å². The van der Waals surface area contributed by atoms with Crippen LogP contribution in [0.2, 0.25) is 0 Å². The molecule has 9 heteroatoms. The van der Waals surface area contributed by atoms with E-state index in [4.69, 9.17) is 5.73 Å². The van der Waals surface area contributed by atoms with Crippen LogP contribution in [0, 0.1) is 11.3 Å². The van der Waals surface area contributed by atoms with Crippen molar-refractivity contribution in [3.05, 3.63) is 65.9 Å². The third-order valence-electron chi connectivity index (χ3n) is 5.54. The number of carbonyl (C=O) groups excluding carboxylic acids is 1. The van der Waals surface area contributed by atoms with E-state index in [2.05, 4.69) is 15.8 Å². The lowest BCUT2D eigenvalue weighted by Gasteiger charge is -2.39. The molecule has 1 amide bonds. The molecule has 164 valence electrons. The molecule has 2 aromatic carbocycles. The molecule has 3 aromatic rings. The molecular weight excluding hydrogens is 416 g/mol. The summed E-state index contributed by atoms with van der Waals surface area (Å²) in [5, 5.41) is 10.2. The minimum absolute atomic E-state index is 0.00199. The lowest BCUT2D eigenvalue weighted by Crippen LogP contribution is -2.50. The number of fused-ring (bicyclic) bond motifs is 1. The van der Waals surface area contributed by atoms with Crippen molar-refractivity contribution < 1.29 is 18.3 Å². The van der Waals surface area contributed by atoms with Crippen molar-refractivity contribution in [3.63, 3.8) is 0 Å². The maximum atomic E-state index is 12.7. The van der Waals surface area contributed by atoms with Gasteiger partial charge in [0.2, 0.25) is 5.91 Å². The second-order valence-electron chi connectivity index (χ2n) is 7.43. The van der Waals surface area contributed by atoms with Gasteiger partial charge in [0.1, 0.15) is 17.9 Å². The van der Waals surface area contributed by atoms with Crippen molar-refractivity contribution >= 4 is 22.5 Å². The van der Waals surface area contributed by atoms with Gasteiger partial charge in [-0.1, -0.05) is 30.3 Å². The highest BCUT2D eigenvalue weighted by Gasteiger charge is 2.30. The molecule has 2 heterocycles. The number of nitrogens with zero attached hydrogens (tertiary/aromatic N) is 4. The Balaban J connectivity index is 1.63. The molecule has 0 saturated carbocycles. The summed E-state index contributed by atoms with van der Waals surface area (Å²) in [5.41, 5.74) is 8.06. The van der Waals surface area contributed by atoms with E-state index in [9.17, 15) is 18.8 Å². The molecule has 1 fully saturated rings. The zero-order chi connectivity index (χ0) is 22.7. The van der Waals surface area contributed by atoms with Crippen LogP contribution in [0.3, 0.4) is 0 Å². The minimum Gasteiger partial charge on any atom is -0.435 e. The summed E-state index contributed by atoms with van der Waals surface area (Å²) in [7, 11) is 0. The maximum Gasteiger partial charge on any atom is 0.387 e. The van der Waals surface area contributed by atoms with Crippen molar-refractivity contribution in [1.29, 1.82) is 5.26 Å². The molecule has 0 radical (unpaired) electrons. The highest BCUT2D eigenvalue weighted by atomic mass is 19.3. The predicted octanol–water partition coefficient (Wildman–Crippen LogP) is 3.06. The molecule has 1 atom stereocenters. The second-order valence-corrected chi connectivity index (χ2v) is 7.43. The number of pyridine rings is 1. The molecule has 32 heavy (non-hydrogen) atoms. The number of alkyl halides is 2. The number of nitriles is 1. The van der Waals surface area contributed by atoms with E-state index in [1.165, 1.54) is 18.3 Å². The summed E-state index contributed by atoms with van der Waals surface area (Å²) in [6.07, 6.45) is 1.48. The van der Waals surface area contributed by atoms with E-state index >= 15 is 0 Å². The minimum atomic E-state index is -2.95. The number of hydrogen-bond donors (Lipinski definition) is 1. The molecule has 1 aromatic heterocycles. The van der Waals surface area contributed by atoms with E-state index in [0.29, 0.717) is 48.3 Å². The van der Waals surface area contributed by atoms with E-state index in [1.807, 2.05) is 40.1 Å². The number of aromatic nitrogens is 1. The summed E-state index contributed by atoms with van der Waals surface area (Å²) in [6, 6.07) is 15.4. The fraction of sp³-hybridized carbons (Fsp3) is 0.261. The number of benzene rings is 2. The molecule has 7 nitrogen and oxygen atoms in total. The summed E-state index contributed by atoms with van der Waals surface area (Å²) in [5.74, 6) is -0.423. The number of ether oxygens (including phenoxy) is 1. The Morgan fingerprint density at radius 2 is 1.84 bits per heavy atom. The summed E-state index contributed by atoms with van der Waals surface area (Å²) in [4.78, 5) is 20.5. The van der Waals surface area contributed by atoms with Gasteiger partial charge in [0.15, 0.2) is 0 Å². The number of primary amides is 1. The Bertz CT molecular complexity index is 1160. The number of halogens is 2. The van der Waals surface area contributed by atoms with Crippen molar-refractivity contribution in [2.45, 2.75) is 12.7 Å². The van der Waals surface area contributed by atoms with Crippen LogP contribution in [0.5, 0.6) is 5.75 Å². The molecule has 0 aliphatic carbocycles. The highest BCUT2D eigenvalue weighted by Crippen LogP contribution is 2.34. The average molecular weight is 437 g/mol. The second kappa shape index (κ2) is 9.16. The van der Waals surface area contributed by atoms with Crippen LogP contribution in [0.1, 0.15) is 17.2 Å². The SMILES string of the molecule is N#Cc1cnc2ccc(OC(F)F)cc2c1N1CCN(C(C(N)=O)c2ccccc2)CC1. The van der Waals surface area contributed by atoms with Crippen molar-refractivity contribution in [1.82, 2.24) is 9.88 Å². The largest absolute Gasteiger partial charge is 0.435 e. The van der Waals surface area contributed by atoms with Crippen LogP contribution in [0.4, 0.5) is 14.5 Å². The lowest BCUT2D eigenvalue weighted by atomic mass is 10.0. The normalized spacial score (nSPS) is 15.5. The van der Waals surface area contributed by atoms with Crippen LogP contribution in [-0.2, 0) is 4.79 Å². The Hall–Kier alpha value is -3.77. The predicted molar refractivity (Wildman–Crippen MR) is 115 cm³/mol. The maximum absolute atomic E-state index is 12.7. The first-order valence-electron chi connectivity index (χ1n) is 10.1. The van der Waals surface area contributed by atoms with E-state index in [0.717, 1.165) is 5.56 Å². The smallest absolute Gasteiger partial charge is 0.387 e. The van der Waals surface area contributed by atoms with Gasteiger partial charge < -0.3 is 15.4 Å². The number of hydrogen-bond acceptors (Lipinski definition) is 6. The molecule has 0 spiro atoms. The van der Waals surface area contributed by atoms with Gasteiger partial charge >= 0.3 is 6.61 Å². The highest BCUT2D eigenvalue weighted by molar-refractivity contribution is 5.95. The van der Waals surface area contributed by atoms with Gasteiger partial charge in [-0.3, -0.25) is 14.7 Å². The third-order valence-corrected chi connectivity index (χ3v) is 5.54. The van der Waals surface area contributed by atoms with Gasteiger partial charge in [-0.05, 0) is 23.8 Å². The first-order valence-corrected chi connectivity index (χ1v) is 10.1. The molecule has 1 aliphatic heterocycles. The number of carbonyl (C=O) groups is 1.